The number of methoxy groups -OCH3 is 1. The van der Waals surface area contributed by atoms with Crippen molar-refractivity contribution in [1.29, 1.82) is 5.26 Å². The van der Waals surface area contributed by atoms with Crippen LogP contribution in [0.3, 0.4) is 0 Å². The van der Waals surface area contributed by atoms with E-state index in [4.69, 9.17) is 16.3 Å². The molecule has 0 unspecified atom stereocenters. The second kappa shape index (κ2) is 5.64. The third-order valence-electron chi connectivity index (χ3n) is 2.88. The number of benzene rings is 2. The summed E-state index contributed by atoms with van der Waals surface area (Å²) in [5.41, 5.74) is 2.29. The van der Waals surface area contributed by atoms with Gasteiger partial charge in [0.25, 0.3) is 0 Å². The van der Waals surface area contributed by atoms with E-state index in [0.29, 0.717) is 10.6 Å². The van der Waals surface area contributed by atoms with E-state index < -0.39 is 0 Å². The monoisotopic (exact) mass is 272 g/mol. The molecule has 0 aliphatic rings. The van der Waals surface area contributed by atoms with Crippen molar-refractivity contribution in [1.82, 2.24) is 0 Å². The minimum absolute atomic E-state index is 0.540. The molecule has 0 spiro atoms. The van der Waals surface area contributed by atoms with Crippen molar-refractivity contribution in [3.05, 3.63) is 53.1 Å². The molecule has 0 amide bonds. The van der Waals surface area contributed by atoms with E-state index in [0.717, 1.165) is 17.1 Å². The first-order chi connectivity index (χ1) is 9.15. The van der Waals surface area contributed by atoms with Crippen LogP contribution in [-0.2, 0) is 0 Å². The van der Waals surface area contributed by atoms with E-state index in [-0.39, 0.29) is 0 Å². The lowest BCUT2D eigenvalue weighted by Gasteiger charge is -2.21. The molecule has 0 N–H and O–H groups in total. The van der Waals surface area contributed by atoms with Crippen molar-refractivity contribution < 1.29 is 4.74 Å². The molecule has 0 radical (unpaired) electrons. The summed E-state index contributed by atoms with van der Waals surface area (Å²) in [6.45, 7) is 0. The number of ether oxygens (including phenoxy) is 1. The molecular weight excluding hydrogens is 260 g/mol. The lowest BCUT2D eigenvalue weighted by Crippen LogP contribution is -2.11. The van der Waals surface area contributed by atoms with Gasteiger partial charge in [0, 0.05) is 23.8 Å². The lowest BCUT2D eigenvalue weighted by atomic mass is 10.1. The highest BCUT2D eigenvalue weighted by molar-refractivity contribution is 6.30. The average molecular weight is 273 g/mol. The van der Waals surface area contributed by atoms with Crippen LogP contribution in [-0.4, -0.2) is 14.2 Å². The number of rotatable bonds is 3. The van der Waals surface area contributed by atoms with Gasteiger partial charge in [-0.05, 0) is 30.3 Å². The predicted octanol–water partition coefficient (Wildman–Crippen LogP) is 3.99. The molecule has 0 aliphatic heterocycles. The molecule has 0 bridgehead atoms. The van der Waals surface area contributed by atoms with Crippen LogP contribution in [0.2, 0.25) is 5.02 Å². The maximum Gasteiger partial charge on any atom is 0.120 e. The predicted molar refractivity (Wildman–Crippen MR) is 77.2 cm³/mol. The zero-order valence-corrected chi connectivity index (χ0v) is 11.5. The number of anilines is 2. The first kappa shape index (κ1) is 13.3. The van der Waals surface area contributed by atoms with Gasteiger partial charge in [0.2, 0.25) is 0 Å². The number of hydrogen-bond donors (Lipinski definition) is 0. The fourth-order valence-corrected chi connectivity index (χ4v) is 2.02. The van der Waals surface area contributed by atoms with E-state index in [1.807, 2.05) is 42.3 Å². The van der Waals surface area contributed by atoms with Crippen LogP contribution in [0.1, 0.15) is 5.56 Å². The van der Waals surface area contributed by atoms with Crippen molar-refractivity contribution in [2.75, 3.05) is 19.1 Å². The minimum atomic E-state index is 0.540. The summed E-state index contributed by atoms with van der Waals surface area (Å²) in [5, 5.41) is 9.73. The van der Waals surface area contributed by atoms with Gasteiger partial charge >= 0.3 is 0 Å². The molecule has 0 atom stereocenters. The van der Waals surface area contributed by atoms with Crippen molar-refractivity contribution in [3.8, 4) is 11.8 Å². The fraction of sp³-hybridized carbons (Fsp3) is 0.133. The topological polar surface area (TPSA) is 36.3 Å². The van der Waals surface area contributed by atoms with Crippen LogP contribution in [0.25, 0.3) is 0 Å². The highest BCUT2D eigenvalue weighted by atomic mass is 35.5. The van der Waals surface area contributed by atoms with Crippen molar-refractivity contribution in [2.24, 2.45) is 0 Å². The zero-order valence-electron chi connectivity index (χ0n) is 10.7. The summed E-state index contributed by atoms with van der Waals surface area (Å²) in [4.78, 5) is 1.93. The highest BCUT2D eigenvalue weighted by Gasteiger charge is 2.10. The van der Waals surface area contributed by atoms with Crippen LogP contribution in [0, 0.1) is 11.3 Å². The first-order valence-corrected chi connectivity index (χ1v) is 6.11. The van der Waals surface area contributed by atoms with Gasteiger partial charge in [0.1, 0.15) is 11.8 Å². The second-order valence-corrected chi connectivity index (χ2v) is 4.47. The molecule has 2 rings (SSSR count). The fourth-order valence-electron chi connectivity index (χ4n) is 1.85. The molecule has 19 heavy (non-hydrogen) atoms. The largest absolute Gasteiger partial charge is 0.497 e. The standard InChI is InChI=1S/C15H13ClN2O/c1-18(13-4-3-5-14(9-13)19-2)15-7-6-12(16)8-11(15)10-17/h3-9H,1-2H3. The Morgan fingerprint density at radius 3 is 2.68 bits per heavy atom. The average Bonchev–Trinajstić information content (AvgIpc) is 2.46. The van der Waals surface area contributed by atoms with Gasteiger partial charge in [0.05, 0.1) is 18.4 Å². The number of nitrogens with zero attached hydrogens (tertiary/aromatic N) is 2. The Morgan fingerprint density at radius 2 is 2.00 bits per heavy atom. The number of nitriles is 1. The van der Waals surface area contributed by atoms with E-state index in [1.165, 1.54) is 0 Å². The molecule has 3 nitrogen and oxygen atoms in total. The Balaban J connectivity index is 2.44. The quantitative estimate of drug-likeness (QED) is 0.848. The molecule has 0 aliphatic carbocycles. The SMILES string of the molecule is COc1cccc(N(C)c2ccc(Cl)cc2C#N)c1. The summed E-state index contributed by atoms with van der Waals surface area (Å²) in [7, 11) is 3.53. The van der Waals surface area contributed by atoms with Crippen LogP contribution in [0.4, 0.5) is 11.4 Å². The second-order valence-electron chi connectivity index (χ2n) is 4.03. The minimum Gasteiger partial charge on any atom is -0.497 e. The number of hydrogen-bond acceptors (Lipinski definition) is 3. The van der Waals surface area contributed by atoms with Gasteiger partial charge in [-0.2, -0.15) is 5.26 Å². The third kappa shape index (κ3) is 2.81. The van der Waals surface area contributed by atoms with Gasteiger partial charge in [-0.15, -0.1) is 0 Å². The maximum atomic E-state index is 9.18. The molecule has 0 fully saturated rings. The highest BCUT2D eigenvalue weighted by Crippen LogP contribution is 2.30. The van der Waals surface area contributed by atoms with E-state index in [9.17, 15) is 5.26 Å². The lowest BCUT2D eigenvalue weighted by molar-refractivity contribution is 0.415. The Labute approximate surface area is 117 Å². The number of halogens is 1. The summed E-state index contributed by atoms with van der Waals surface area (Å²) < 4.78 is 5.20. The van der Waals surface area contributed by atoms with Crippen LogP contribution in [0.15, 0.2) is 42.5 Å². The Morgan fingerprint density at radius 1 is 1.21 bits per heavy atom. The van der Waals surface area contributed by atoms with Crippen LogP contribution < -0.4 is 9.64 Å². The smallest absolute Gasteiger partial charge is 0.120 e. The van der Waals surface area contributed by atoms with Gasteiger partial charge in [-0.3, -0.25) is 0 Å². The molecule has 96 valence electrons. The summed E-state index contributed by atoms with van der Waals surface area (Å²) in [6.07, 6.45) is 0. The van der Waals surface area contributed by atoms with Crippen LogP contribution >= 0.6 is 11.6 Å². The summed E-state index contributed by atoms with van der Waals surface area (Å²) in [6, 6.07) is 15.1. The van der Waals surface area contributed by atoms with E-state index in [1.54, 1.807) is 19.2 Å². The molecule has 4 heteroatoms. The van der Waals surface area contributed by atoms with E-state index in [2.05, 4.69) is 6.07 Å². The molecule has 2 aromatic carbocycles. The first-order valence-electron chi connectivity index (χ1n) is 5.73. The molecule has 0 saturated carbocycles. The van der Waals surface area contributed by atoms with Crippen molar-refractivity contribution in [3.63, 3.8) is 0 Å². The van der Waals surface area contributed by atoms with Gasteiger partial charge in [-0.1, -0.05) is 17.7 Å². The molecule has 0 saturated heterocycles. The normalized spacial score (nSPS) is 9.79. The van der Waals surface area contributed by atoms with Crippen molar-refractivity contribution >= 4 is 23.0 Å². The van der Waals surface area contributed by atoms with Gasteiger partial charge in [-0.25, -0.2) is 0 Å². The Kier molecular flexibility index (Phi) is 3.94. The van der Waals surface area contributed by atoms with Gasteiger partial charge in [0.15, 0.2) is 0 Å². The Hall–Kier alpha value is -2.18. The summed E-state index contributed by atoms with van der Waals surface area (Å²) >= 11 is 5.90. The molecule has 2 aromatic rings. The van der Waals surface area contributed by atoms with Crippen LogP contribution in [0.5, 0.6) is 5.75 Å². The maximum absolute atomic E-state index is 9.18. The Bertz CT molecular complexity index is 634. The van der Waals surface area contributed by atoms with Crippen molar-refractivity contribution in [2.45, 2.75) is 0 Å². The summed E-state index contributed by atoms with van der Waals surface area (Å²) in [5.74, 6) is 0.775. The molecule has 0 heterocycles. The zero-order chi connectivity index (χ0) is 13.8. The molecular formula is C15H13ClN2O. The van der Waals surface area contributed by atoms with Gasteiger partial charge < -0.3 is 9.64 Å². The molecule has 0 aromatic heterocycles. The van der Waals surface area contributed by atoms with E-state index >= 15 is 0 Å². The third-order valence-corrected chi connectivity index (χ3v) is 3.12.